The Morgan fingerprint density at radius 1 is 1.46 bits per heavy atom. The molecule has 1 aromatic rings. The summed E-state index contributed by atoms with van der Waals surface area (Å²) in [5.41, 5.74) is 0.644. The third-order valence-corrected chi connectivity index (χ3v) is 1.44. The Morgan fingerprint density at radius 2 is 2.31 bits per heavy atom. The van der Waals surface area contributed by atoms with Gasteiger partial charge in [0.15, 0.2) is 0 Å². The van der Waals surface area contributed by atoms with E-state index in [9.17, 15) is 9.18 Å². The summed E-state index contributed by atoms with van der Waals surface area (Å²) < 4.78 is 12.6. The number of hydrogen-bond acceptors (Lipinski definition) is 1. The fraction of sp³-hybridized carbons (Fsp3) is 0.182. The largest absolute Gasteiger partial charge is 0.303 e. The van der Waals surface area contributed by atoms with E-state index in [4.69, 9.17) is 0 Å². The number of carbonyl (C=O) groups excluding carboxylic acids is 1. The molecule has 0 aliphatic heterocycles. The molecule has 0 atom stereocenters. The first-order chi connectivity index (χ1) is 6.33. The molecule has 0 aliphatic carbocycles. The predicted molar refractivity (Wildman–Crippen MR) is 48.6 cm³/mol. The quantitative estimate of drug-likeness (QED) is 0.383. The maximum absolute atomic E-state index is 12.6. The van der Waals surface area contributed by atoms with Crippen LogP contribution in [0.15, 0.2) is 24.3 Å². The van der Waals surface area contributed by atoms with Crippen LogP contribution in [0, 0.1) is 17.7 Å². The fourth-order valence-corrected chi connectivity index (χ4v) is 0.862. The average molecular weight is 176 g/mol. The van der Waals surface area contributed by atoms with E-state index in [1.54, 1.807) is 12.1 Å². The third-order valence-electron chi connectivity index (χ3n) is 1.44. The third kappa shape index (κ3) is 3.53. The summed E-state index contributed by atoms with van der Waals surface area (Å²) >= 11 is 0. The molecule has 13 heavy (non-hydrogen) atoms. The van der Waals surface area contributed by atoms with Crippen molar-refractivity contribution in [3.63, 3.8) is 0 Å². The highest BCUT2D eigenvalue weighted by molar-refractivity contribution is 5.50. The zero-order valence-corrected chi connectivity index (χ0v) is 7.09. The number of rotatable bonds is 2. The predicted octanol–water partition coefficient (Wildman–Crippen LogP) is 2.16. The molecule has 0 amide bonds. The van der Waals surface area contributed by atoms with Gasteiger partial charge in [-0.1, -0.05) is 17.9 Å². The molecule has 1 aromatic carbocycles. The Hall–Kier alpha value is -1.62. The molecule has 0 aliphatic rings. The standard InChI is InChI=1S/C11H9FO/c12-11-7-4-6-10(9-11)5-2-1-3-8-13/h4,6-9H,1,3H2. The van der Waals surface area contributed by atoms with Crippen molar-refractivity contribution in [3.05, 3.63) is 35.6 Å². The van der Waals surface area contributed by atoms with Crippen LogP contribution in [0.1, 0.15) is 18.4 Å². The van der Waals surface area contributed by atoms with E-state index in [0.717, 1.165) is 6.29 Å². The molecule has 0 fully saturated rings. The van der Waals surface area contributed by atoms with Gasteiger partial charge in [0.2, 0.25) is 0 Å². The van der Waals surface area contributed by atoms with Crippen molar-refractivity contribution < 1.29 is 9.18 Å². The van der Waals surface area contributed by atoms with Crippen molar-refractivity contribution in [1.82, 2.24) is 0 Å². The van der Waals surface area contributed by atoms with E-state index >= 15 is 0 Å². The Morgan fingerprint density at radius 3 is 3.00 bits per heavy atom. The molecule has 0 bridgehead atoms. The van der Waals surface area contributed by atoms with Crippen molar-refractivity contribution >= 4 is 6.29 Å². The zero-order valence-electron chi connectivity index (χ0n) is 7.09. The van der Waals surface area contributed by atoms with Crippen LogP contribution in [0.5, 0.6) is 0 Å². The average Bonchev–Trinajstić information content (AvgIpc) is 2.13. The second-order valence-corrected chi connectivity index (χ2v) is 2.52. The number of aldehydes is 1. The van der Waals surface area contributed by atoms with Gasteiger partial charge in [-0.3, -0.25) is 0 Å². The molecule has 0 saturated heterocycles. The van der Waals surface area contributed by atoms with Crippen LogP contribution in [-0.2, 0) is 4.79 Å². The lowest BCUT2D eigenvalue weighted by Crippen LogP contribution is -1.77. The Labute approximate surface area is 76.6 Å². The SMILES string of the molecule is O=CCCC#Cc1cccc(F)c1. The van der Waals surface area contributed by atoms with Gasteiger partial charge in [0.25, 0.3) is 0 Å². The Balaban J connectivity index is 2.61. The highest BCUT2D eigenvalue weighted by Gasteiger charge is 1.88. The molecule has 66 valence electrons. The van der Waals surface area contributed by atoms with Crippen LogP contribution in [0.3, 0.4) is 0 Å². The van der Waals surface area contributed by atoms with Crippen molar-refractivity contribution in [2.75, 3.05) is 0 Å². The summed E-state index contributed by atoms with van der Waals surface area (Å²) in [5, 5.41) is 0. The molecule has 1 nitrogen and oxygen atoms in total. The molecule has 2 heteroatoms. The first-order valence-electron chi connectivity index (χ1n) is 4.01. The van der Waals surface area contributed by atoms with Crippen LogP contribution in [0.4, 0.5) is 4.39 Å². The Bertz CT molecular complexity index is 347. The van der Waals surface area contributed by atoms with E-state index in [-0.39, 0.29) is 5.82 Å². The topological polar surface area (TPSA) is 17.1 Å². The minimum absolute atomic E-state index is 0.290. The van der Waals surface area contributed by atoms with Gasteiger partial charge in [-0.2, -0.15) is 0 Å². The second-order valence-electron chi connectivity index (χ2n) is 2.52. The fourth-order valence-electron chi connectivity index (χ4n) is 0.862. The van der Waals surface area contributed by atoms with Gasteiger partial charge in [-0.15, -0.1) is 0 Å². The van der Waals surface area contributed by atoms with Crippen molar-refractivity contribution in [2.24, 2.45) is 0 Å². The van der Waals surface area contributed by atoms with Crippen molar-refractivity contribution in [1.29, 1.82) is 0 Å². The summed E-state index contributed by atoms with van der Waals surface area (Å²) in [5.74, 6) is 5.26. The van der Waals surface area contributed by atoms with Crippen LogP contribution >= 0.6 is 0 Å². The molecule has 0 spiro atoms. The minimum Gasteiger partial charge on any atom is -0.303 e. The van der Waals surface area contributed by atoms with Crippen molar-refractivity contribution in [3.8, 4) is 11.8 Å². The smallest absolute Gasteiger partial charge is 0.124 e. The minimum atomic E-state index is -0.290. The monoisotopic (exact) mass is 176 g/mol. The number of hydrogen-bond donors (Lipinski definition) is 0. The normalized spacial score (nSPS) is 8.69. The van der Waals surface area contributed by atoms with E-state index in [1.807, 2.05) is 0 Å². The van der Waals surface area contributed by atoms with E-state index in [0.29, 0.717) is 18.4 Å². The van der Waals surface area contributed by atoms with Gasteiger partial charge < -0.3 is 4.79 Å². The molecular formula is C11H9FO. The first-order valence-corrected chi connectivity index (χ1v) is 4.01. The van der Waals surface area contributed by atoms with Gasteiger partial charge in [0.05, 0.1) is 0 Å². The highest BCUT2D eigenvalue weighted by atomic mass is 19.1. The lowest BCUT2D eigenvalue weighted by Gasteiger charge is -1.88. The molecule has 0 unspecified atom stereocenters. The molecule has 0 aromatic heterocycles. The van der Waals surface area contributed by atoms with Gasteiger partial charge in [0, 0.05) is 18.4 Å². The van der Waals surface area contributed by atoms with Gasteiger partial charge in [-0.25, -0.2) is 4.39 Å². The molecule has 0 heterocycles. The lowest BCUT2D eigenvalue weighted by molar-refractivity contribution is -0.107. The maximum atomic E-state index is 12.6. The van der Waals surface area contributed by atoms with E-state index in [2.05, 4.69) is 11.8 Å². The molecule has 1 rings (SSSR count). The maximum Gasteiger partial charge on any atom is 0.124 e. The van der Waals surface area contributed by atoms with Gasteiger partial charge in [0.1, 0.15) is 12.1 Å². The Kier molecular flexibility index (Phi) is 3.72. The summed E-state index contributed by atoms with van der Waals surface area (Å²) in [6.07, 6.45) is 1.78. The van der Waals surface area contributed by atoms with Crippen LogP contribution < -0.4 is 0 Å². The molecule has 0 saturated carbocycles. The summed E-state index contributed by atoms with van der Waals surface area (Å²) in [7, 11) is 0. The van der Waals surface area contributed by atoms with Crippen LogP contribution in [0.25, 0.3) is 0 Å². The first kappa shape index (κ1) is 9.47. The number of benzene rings is 1. The van der Waals surface area contributed by atoms with Gasteiger partial charge >= 0.3 is 0 Å². The molecule has 0 radical (unpaired) electrons. The summed E-state index contributed by atoms with van der Waals surface area (Å²) in [4.78, 5) is 9.94. The highest BCUT2D eigenvalue weighted by Crippen LogP contribution is 2.01. The van der Waals surface area contributed by atoms with Crippen molar-refractivity contribution in [2.45, 2.75) is 12.8 Å². The van der Waals surface area contributed by atoms with Crippen LogP contribution in [0.2, 0.25) is 0 Å². The van der Waals surface area contributed by atoms with E-state index < -0.39 is 0 Å². The lowest BCUT2D eigenvalue weighted by atomic mass is 10.2. The zero-order chi connectivity index (χ0) is 9.52. The molecule has 0 N–H and O–H groups in total. The second kappa shape index (κ2) is 5.10. The van der Waals surface area contributed by atoms with Crippen LogP contribution in [-0.4, -0.2) is 6.29 Å². The van der Waals surface area contributed by atoms with Gasteiger partial charge in [-0.05, 0) is 18.2 Å². The summed E-state index contributed by atoms with van der Waals surface area (Å²) in [6.45, 7) is 0. The number of carbonyl (C=O) groups is 1. The number of halogens is 1. The molecular weight excluding hydrogens is 167 g/mol. The van der Waals surface area contributed by atoms with E-state index in [1.165, 1.54) is 12.1 Å². The summed E-state index contributed by atoms with van der Waals surface area (Å²) in [6, 6.07) is 6.08. The number of unbranched alkanes of at least 4 members (excludes halogenated alkanes) is 1.